The van der Waals surface area contributed by atoms with Crippen LogP contribution in [0.15, 0.2) is 18.7 Å². The fourth-order valence-corrected chi connectivity index (χ4v) is 0.421. The van der Waals surface area contributed by atoms with Gasteiger partial charge in [0.25, 0.3) is 0 Å². The molecule has 11 heavy (non-hydrogen) atoms. The van der Waals surface area contributed by atoms with E-state index in [0.717, 1.165) is 0 Å². The van der Waals surface area contributed by atoms with Gasteiger partial charge in [-0.25, -0.2) is 0 Å². The molecule has 0 fully saturated rings. The molecular formula is C10H14O. The molecule has 1 nitrogen and oxygen atoms in total. The van der Waals surface area contributed by atoms with Crippen LogP contribution in [0.25, 0.3) is 0 Å². The molecule has 0 saturated carbocycles. The lowest BCUT2D eigenvalue weighted by Crippen LogP contribution is -1.87. The fraction of sp³-hybridized carbons (Fsp3) is 0.400. The van der Waals surface area contributed by atoms with E-state index in [1.807, 2.05) is 0 Å². The van der Waals surface area contributed by atoms with Gasteiger partial charge in [-0.2, -0.15) is 0 Å². The van der Waals surface area contributed by atoms with Crippen LogP contribution in [0.3, 0.4) is 0 Å². The molecule has 0 bridgehead atoms. The van der Waals surface area contributed by atoms with Gasteiger partial charge in [-0.1, -0.05) is 19.6 Å². The van der Waals surface area contributed by atoms with Crippen molar-refractivity contribution in [1.29, 1.82) is 0 Å². The van der Waals surface area contributed by atoms with E-state index >= 15 is 0 Å². The first-order valence-electron chi connectivity index (χ1n) is 3.81. The lowest BCUT2D eigenvalue weighted by molar-refractivity contribution is -0.114. The number of ketones is 1. The lowest BCUT2D eigenvalue weighted by atomic mass is 10.1. The van der Waals surface area contributed by atoms with Crippen LogP contribution in [-0.2, 0) is 4.79 Å². The maximum atomic E-state index is 10.3. The minimum absolute atomic E-state index is 0.0787. The van der Waals surface area contributed by atoms with Gasteiger partial charge in [0.1, 0.15) is 0 Å². The Morgan fingerprint density at radius 3 is 2.27 bits per heavy atom. The summed E-state index contributed by atoms with van der Waals surface area (Å²) >= 11 is 0. The van der Waals surface area contributed by atoms with Crippen LogP contribution in [0, 0.1) is 13.0 Å². The van der Waals surface area contributed by atoms with Crippen LogP contribution in [0.4, 0.5) is 0 Å². The number of carbonyl (C=O) groups excluding carboxylic acids is 1. The summed E-state index contributed by atoms with van der Waals surface area (Å²) in [5.41, 5.74) is 0. The highest BCUT2D eigenvalue weighted by Gasteiger charge is 1.87. The monoisotopic (exact) mass is 150 g/mol. The second-order valence-electron chi connectivity index (χ2n) is 2.22. The second kappa shape index (κ2) is 7.26. The van der Waals surface area contributed by atoms with Crippen LogP contribution >= 0.6 is 0 Å². The predicted octanol–water partition coefficient (Wildman–Crippen LogP) is 2.50. The van der Waals surface area contributed by atoms with Gasteiger partial charge in [-0.15, -0.1) is 0 Å². The van der Waals surface area contributed by atoms with E-state index in [0.29, 0.717) is 12.8 Å². The molecule has 60 valence electrons. The van der Waals surface area contributed by atoms with Crippen LogP contribution < -0.4 is 0 Å². The topological polar surface area (TPSA) is 17.1 Å². The predicted molar refractivity (Wildman–Crippen MR) is 46.8 cm³/mol. The normalized spacial score (nSPS) is 12.5. The van der Waals surface area contributed by atoms with Crippen molar-refractivity contribution in [2.24, 2.45) is 0 Å². The van der Waals surface area contributed by atoms with Crippen molar-refractivity contribution in [2.45, 2.75) is 25.7 Å². The highest BCUT2D eigenvalue weighted by atomic mass is 16.1. The van der Waals surface area contributed by atoms with E-state index in [1.54, 1.807) is 0 Å². The molecule has 1 aliphatic rings. The Morgan fingerprint density at radius 1 is 1.73 bits per heavy atom. The minimum Gasteiger partial charge on any atom is -0.295 e. The maximum Gasteiger partial charge on any atom is 0.155 e. The Kier molecular flexibility index (Phi) is 6.70. The third kappa shape index (κ3) is 7.04. The summed E-state index contributed by atoms with van der Waals surface area (Å²) in [6, 6.07) is 0. The average Bonchev–Trinajstić information content (AvgIpc) is 1.85. The van der Waals surface area contributed by atoms with E-state index in [4.69, 9.17) is 0 Å². The van der Waals surface area contributed by atoms with Gasteiger partial charge in [0.15, 0.2) is 5.78 Å². The van der Waals surface area contributed by atoms with E-state index in [9.17, 15) is 4.79 Å². The minimum atomic E-state index is 0.0787. The SMILES string of the molecule is [CH2]CCC(=O)C=C.[C]1=CCC1. The van der Waals surface area contributed by atoms with E-state index in [2.05, 4.69) is 25.7 Å². The third-order valence-corrected chi connectivity index (χ3v) is 1.23. The standard InChI is InChI=1S/C6H9O.C4H5/c1-3-5-6(7)4-2;1-2-4-3-1/h4H,1-3,5H2;1H,2,4H2. The smallest absolute Gasteiger partial charge is 0.155 e. The molecule has 1 aliphatic carbocycles. The fourth-order valence-electron chi connectivity index (χ4n) is 0.421. The summed E-state index contributed by atoms with van der Waals surface area (Å²) in [6.45, 7) is 6.81. The van der Waals surface area contributed by atoms with Gasteiger partial charge >= 0.3 is 0 Å². The molecule has 0 spiro atoms. The van der Waals surface area contributed by atoms with Crippen molar-refractivity contribution in [3.63, 3.8) is 0 Å². The Morgan fingerprint density at radius 2 is 2.18 bits per heavy atom. The quantitative estimate of drug-likeness (QED) is 0.565. The maximum absolute atomic E-state index is 10.3. The molecule has 1 rings (SSSR count). The molecule has 0 aromatic heterocycles. The number of hydrogen-bond acceptors (Lipinski definition) is 1. The molecule has 0 aromatic carbocycles. The lowest BCUT2D eigenvalue weighted by Gasteiger charge is -1.91. The van der Waals surface area contributed by atoms with Crippen LogP contribution in [0.5, 0.6) is 0 Å². The first-order valence-corrected chi connectivity index (χ1v) is 3.81. The van der Waals surface area contributed by atoms with Gasteiger partial charge in [0.2, 0.25) is 0 Å². The first kappa shape index (κ1) is 10.2. The molecule has 0 atom stereocenters. The number of hydrogen-bond donors (Lipinski definition) is 0. The van der Waals surface area contributed by atoms with Gasteiger partial charge in [-0.05, 0) is 31.4 Å². The van der Waals surface area contributed by atoms with Crippen molar-refractivity contribution in [2.75, 3.05) is 0 Å². The molecule has 0 heterocycles. The van der Waals surface area contributed by atoms with Crippen molar-refractivity contribution in [1.82, 2.24) is 0 Å². The Balaban J connectivity index is 0.000000207. The zero-order chi connectivity index (χ0) is 8.53. The second-order valence-corrected chi connectivity index (χ2v) is 2.22. The van der Waals surface area contributed by atoms with E-state index < -0.39 is 0 Å². The molecule has 1 heteroatoms. The van der Waals surface area contributed by atoms with Crippen molar-refractivity contribution >= 4 is 5.78 Å². The average molecular weight is 150 g/mol. The highest BCUT2D eigenvalue weighted by Crippen LogP contribution is 2.00. The molecule has 0 N–H and O–H groups in total. The van der Waals surface area contributed by atoms with Crippen LogP contribution in [0.2, 0.25) is 0 Å². The zero-order valence-corrected chi connectivity index (χ0v) is 6.81. The summed E-state index contributed by atoms with van der Waals surface area (Å²) in [6.07, 6.45) is 10.0. The molecule has 0 aliphatic heterocycles. The van der Waals surface area contributed by atoms with Gasteiger partial charge in [0.05, 0.1) is 0 Å². The Labute approximate surface area is 68.8 Å². The Bertz CT molecular complexity index is 139. The van der Waals surface area contributed by atoms with E-state index in [-0.39, 0.29) is 5.78 Å². The summed E-state index contributed by atoms with van der Waals surface area (Å²) in [5.74, 6) is 0.0787. The summed E-state index contributed by atoms with van der Waals surface area (Å²) in [4.78, 5) is 10.3. The van der Waals surface area contributed by atoms with Crippen LogP contribution in [-0.4, -0.2) is 5.78 Å². The van der Waals surface area contributed by atoms with E-state index in [1.165, 1.54) is 18.9 Å². The molecule has 0 saturated heterocycles. The van der Waals surface area contributed by atoms with Crippen LogP contribution in [0.1, 0.15) is 25.7 Å². The molecule has 2 radical (unpaired) electrons. The largest absolute Gasteiger partial charge is 0.295 e. The summed E-state index contributed by atoms with van der Waals surface area (Å²) < 4.78 is 0. The summed E-state index contributed by atoms with van der Waals surface area (Å²) in [5, 5.41) is 0. The van der Waals surface area contributed by atoms with Crippen molar-refractivity contribution in [3.8, 4) is 0 Å². The molecule has 0 aromatic rings. The van der Waals surface area contributed by atoms with Gasteiger partial charge < -0.3 is 0 Å². The third-order valence-electron chi connectivity index (χ3n) is 1.23. The Hall–Kier alpha value is -0.850. The number of allylic oxidation sites excluding steroid dienone is 3. The number of rotatable bonds is 3. The molecule has 0 unspecified atom stereocenters. The number of carbonyl (C=O) groups is 1. The zero-order valence-electron chi connectivity index (χ0n) is 6.81. The highest BCUT2D eigenvalue weighted by molar-refractivity contribution is 5.88. The molecular weight excluding hydrogens is 136 g/mol. The summed E-state index contributed by atoms with van der Waals surface area (Å²) in [7, 11) is 0. The van der Waals surface area contributed by atoms with Gasteiger partial charge in [0, 0.05) is 6.42 Å². The molecule has 0 amide bonds. The first-order chi connectivity index (χ1) is 5.31. The van der Waals surface area contributed by atoms with Gasteiger partial charge in [-0.3, -0.25) is 4.79 Å². The van der Waals surface area contributed by atoms with Crippen molar-refractivity contribution in [3.05, 3.63) is 31.7 Å². The van der Waals surface area contributed by atoms with Crippen molar-refractivity contribution < 1.29 is 4.79 Å².